The smallest absolute Gasteiger partial charge is 0.322 e. The third-order valence-corrected chi connectivity index (χ3v) is 5.22. The molecule has 138 valence electrons. The van der Waals surface area contributed by atoms with Gasteiger partial charge in [-0.3, -0.25) is 14.6 Å². The van der Waals surface area contributed by atoms with Crippen LogP contribution in [0.15, 0.2) is 60.7 Å². The summed E-state index contributed by atoms with van der Waals surface area (Å²) >= 11 is 3.50. The largest absolute Gasteiger partial charge is 0.349 e. The first kappa shape index (κ1) is 19.0. The first-order valence-corrected chi connectivity index (χ1v) is 11.2. The SMILES string of the molecule is O=C(NP(=O)(O)S)N1CCN(C(c2ccccc2)c2ccccc2)CC1. The molecule has 1 fully saturated rings. The van der Waals surface area contributed by atoms with Crippen LogP contribution in [-0.4, -0.2) is 46.9 Å². The van der Waals surface area contributed by atoms with Crippen LogP contribution >= 0.6 is 19.0 Å². The average Bonchev–Trinajstić information content (AvgIpc) is 2.63. The van der Waals surface area contributed by atoms with Gasteiger partial charge in [-0.15, -0.1) is 0 Å². The fourth-order valence-corrected chi connectivity index (χ4v) is 3.91. The van der Waals surface area contributed by atoms with E-state index in [9.17, 15) is 14.3 Å². The molecule has 1 saturated heterocycles. The number of carbonyl (C=O) groups is 1. The van der Waals surface area contributed by atoms with Crippen molar-refractivity contribution in [3.63, 3.8) is 0 Å². The molecule has 2 aromatic carbocycles. The topological polar surface area (TPSA) is 72.9 Å². The summed E-state index contributed by atoms with van der Waals surface area (Å²) in [4.78, 5) is 25.1. The lowest BCUT2D eigenvalue weighted by Gasteiger charge is -2.39. The minimum absolute atomic E-state index is 0.108. The molecule has 1 atom stereocenters. The quantitative estimate of drug-likeness (QED) is 0.553. The number of thiol groups is 1. The highest BCUT2D eigenvalue weighted by molar-refractivity contribution is 8.45. The number of hydrogen-bond donors (Lipinski definition) is 3. The van der Waals surface area contributed by atoms with Crippen LogP contribution in [-0.2, 0) is 4.57 Å². The number of carbonyl (C=O) groups excluding carboxylic acids is 1. The van der Waals surface area contributed by atoms with Crippen molar-refractivity contribution < 1.29 is 14.3 Å². The third-order valence-electron chi connectivity index (χ3n) is 4.44. The summed E-state index contributed by atoms with van der Waals surface area (Å²) in [6, 6.07) is 20.1. The average molecular weight is 391 g/mol. The maximum absolute atomic E-state index is 12.0. The second kappa shape index (κ2) is 8.27. The highest BCUT2D eigenvalue weighted by atomic mass is 32.7. The van der Waals surface area contributed by atoms with Gasteiger partial charge in [-0.1, -0.05) is 72.9 Å². The number of hydrogen-bond acceptors (Lipinski definition) is 3. The summed E-state index contributed by atoms with van der Waals surface area (Å²) in [6.07, 6.45) is 0. The van der Waals surface area contributed by atoms with Crippen LogP contribution in [0.3, 0.4) is 0 Å². The maximum atomic E-state index is 12.0. The van der Waals surface area contributed by atoms with Crippen molar-refractivity contribution in [2.75, 3.05) is 26.2 Å². The summed E-state index contributed by atoms with van der Waals surface area (Å²) in [7, 11) is 0. The Morgan fingerprint density at radius 1 is 0.962 bits per heavy atom. The van der Waals surface area contributed by atoms with E-state index in [-0.39, 0.29) is 6.04 Å². The third kappa shape index (κ3) is 4.89. The first-order valence-electron chi connectivity index (χ1n) is 8.41. The number of nitrogens with one attached hydrogen (secondary N) is 1. The van der Waals surface area contributed by atoms with Crippen molar-refractivity contribution in [3.05, 3.63) is 71.8 Å². The zero-order chi connectivity index (χ0) is 18.6. The molecule has 0 aromatic heterocycles. The molecule has 0 radical (unpaired) electrons. The second-order valence-electron chi connectivity index (χ2n) is 6.21. The van der Waals surface area contributed by atoms with Gasteiger partial charge >= 0.3 is 12.8 Å². The molecule has 2 aromatic rings. The maximum Gasteiger partial charge on any atom is 0.349 e. The lowest BCUT2D eigenvalue weighted by atomic mass is 9.96. The van der Waals surface area contributed by atoms with E-state index in [0.29, 0.717) is 26.2 Å². The van der Waals surface area contributed by atoms with Crippen molar-refractivity contribution in [3.8, 4) is 0 Å². The van der Waals surface area contributed by atoms with Gasteiger partial charge in [0.25, 0.3) is 0 Å². The van der Waals surface area contributed by atoms with Crippen LogP contribution in [0.5, 0.6) is 0 Å². The van der Waals surface area contributed by atoms with Crippen LogP contribution in [0.2, 0.25) is 0 Å². The fraction of sp³-hybridized carbons (Fsp3) is 0.278. The van der Waals surface area contributed by atoms with Gasteiger partial charge in [0.1, 0.15) is 0 Å². The lowest BCUT2D eigenvalue weighted by Crippen LogP contribution is -2.51. The van der Waals surface area contributed by atoms with Gasteiger partial charge in [0, 0.05) is 26.2 Å². The van der Waals surface area contributed by atoms with Gasteiger partial charge in [-0.25, -0.2) is 4.79 Å². The van der Waals surface area contributed by atoms with Crippen LogP contribution in [0, 0.1) is 0 Å². The Labute approximate surface area is 158 Å². The number of benzene rings is 2. The van der Waals surface area contributed by atoms with E-state index in [1.54, 1.807) is 4.90 Å². The number of urea groups is 1. The molecule has 26 heavy (non-hydrogen) atoms. The molecule has 3 rings (SSSR count). The summed E-state index contributed by atoms with van der Waals surface area (Å²) in [5, 5.41) is 2.04. The second-order valence-corrected chi connectivity index (χ2v) is 9.15. The van der Waals surface area contributed by atoms with Crippen molar-refractivity contribution in [2.24, 2.45) is 0 Å². The Morgan fingerprint density at radius 3 is 1.85 bits per heavy atom. The van der Waals surface area contributed by atoms with Crippen LogP contribution in [0.1, 0.15) is 17.2 Å². The molecule has 1 unspecified atom stereocenters. The molecular formula is C18H22N3O3PS. The van der Waals surface area contributed by atoms with E-state index in [2.05, 4.69) is 41.4 Å². The van der Waals surface area contributed by atoms with Crippen LogP contribution in [0.4, 0.5) is 4.79 Å². The van der Waals surface area contributed by atoms with Gasteiger partial charge < -0.3 is 9.79 Å². The summed E-state index contributed by atoms with van der Waals surface area (Å²) < 4.78 is 11.3. The predicted octanol–water partition coefficient (Wildman–Crippen LogP) is 3.13. The zero-order valence-corrected chi connectivity index (χ0v) is 16.0. The Kier molecular flexibility index (Phi) is 6.04. The lowest BCUT2D eigenvalue weighted by molar-refractivity contribution is 0.122. The Morgan fingerprint density at radius 2 is 1.42 bits per heavy atom. The van der Waals surface area contributed by atoms with Crippen molar-refractivity contribution in [2.45, 2.75) is 6.04 Å². The van der Waals surface area contributed by atoms with Crippen LogP contribution < -0.4 is 5.09 Å². The van der Waals surface area contributed by atoms with Crippen molar-refractivity contribution in [1.82, 2.24) is 14.9 Å². The normalized spacial score (nSPS) is 17.7. The van der Waals surface area contributed by atoms with E-state index < -0.39 is 12.8 Å². The van der Waals surface area contributed by atoms with E-state index in [1.165, 1.54) is 11.1 Å². The number of nitrogens with zero attached hydrogens (tertiary/aromatic N) is 2. The minimum atomic E-state index is -3.88. The molecule has 2 amide bonds. The monoisotopic (exact) mass is 391 g/mol. The molecule has 0 bridgehead atoms. The van der Waals surface area contributed by atoms with Gasteiger partial charge in [-0.2, -0.15) is 0 Å². The Balaban J connectivity index is 1.74. The van der Waals surface area contributed by atoms with E-state index >= 15 is 0 Å². The minimum Gasteiger partial charge on any atom is -0.322 e. The Hall–Kier alpha value is -1.79. The van der Waals surface area contributed by atoms with Crippen molar-refractivity contribution in [1.29, 1.82) is 0 Å². The van der Waals surface area contributed by atoms with Gasteiger partial charge in [0.2, 0.25) is 0 Å². The molecule has 0 aliphatic carbocycles. The van der Waals surface area contributed by atoms with Gasteiger partial charge in [0.05, 0.1) is 6.04 Å². The number of rotatable bonds is 4. The molecule has 0 spiro atoms. The molecule has 6 nitrogen and oxygen atoms in total. The summed E-state index contributed by atoms with van der Waals surface area (Å²) in [5.41, 5.74) is 2.40. The molecule has 8 heteroatoms. The number of amides is 2. The summed E-state index contributed by atoms with van der Waals surface area (Å²) in [6.45, 7) is -1.57. The molecule has 1 heterocycles. The highest BCUT2D eigenvalue weighted by Crippen LogP contribution is 2.40. The Bertz CT molecular complexity index is 737. The van der Waals surface area contributed by atoms with Gasteiger partial charge in [-0.05, 0) is 11.1 Å². The standard InChI is InChI=1S/C18H22N3O3PS/c22-18(19-25(23,24)26)21-13-11-20(12-14-21)17(15-7-3-1-4-8-15)16-9-5-2-6-10-16/h1-10,17H,11-14H2,(H3,19,22,23,24,26). The van der Waals surface area contributed by atoms with Crippen molar-refractivity contribution >= 4 is 25.0 Å². The van der Waals surface area contributed by atoms with E-state index in [4.69, 9.17) is 0 Å². The molecule has 0 saturated carbocycles. The number of piperazine rings is 1. The van der Waals surface area contributed by atoms with E-state index in [0.717, 1.165) is 0 Å². The fourth-order valence-electron chi connectivity index (χ4n) is 3.26. The molecule has 2 N–H and O–H groups in total. The summed E-state index contributed by atoms with van der Waals surface area (Å²) in [5.74, 6) is 0. The van der Waals surface area contributed by atoms with Gasteiger partial charge in [0.15, 0.2) is 0 Å². The zero-order valence-electron chi connectivity index (χ0n) is 14.2. The van der Waals surface area contributed by atoms with E-state index in [1.807, 2.05) is 41.5 Å². The molecule has 1 aliphatic heterocycles. The first-order chi connectivity index (χ1) is 12.4. The molecular weight excluding hydrogens is 369 g/mol. The molecule has 1 aliphatic rings. The highest BCUT2D eigenvalue weighted by Gasteiger charge is 2.29. The predicted molar refractivity (Wildman–Crippen MR) is 105 cm³/mol. The van der Waals surface area contributed by atoms with Crippen LogP contribution in [0.25, 0.3) is 0 Å².